The summed E-state index contributed by atoms with van der Waals surface area (Å²) in [6, 6.07) is 8.00. The number of rotatable bonds is 11. The van der Waals surface area contributed by atoms with Gasteiger partial charge in [-0.3, -0.25) is 0 Å². The van der Waals surface area contributed by atoms with E-state index in [2.05, 4.69) is 5.32 Å². The van der Waals surface area contributed by atoms with Crippen LogP contribution in [0.5, 0.6) is 11.5 Å². The largest absolute Gasteiger partial charge is 0.490 e. The number of hydrogen-bond donors (Lipinski definition) is 2. The van der Waals surface area contributed by atoms with Gasteiger partial charge in [0.15, 0.2) is 11.5 Å². The second-order valence-corrected chi connectivity index (χ2v) is 6.73. The Kier molecular flexibility index (Phi) is 9.15. The van der Waals surface area contributed by atoms with Crippen LogP contribution in [0.15, 0.2) is 30.3 Å². The van der Waals surface area contributed by atoms with Crippen molar-refractivity contribution in [3.8, 4) is 11.5 Å². The molecule has 0 saturated heterocycles. The second kappa shape index (κ2) is 11.3. The smallest absolute Gasteiger partial charge is 0.163 e. The van der Waals surface area contributed by atoms with E-state index in [0.29, 0.717) is 34.7 Å². The van der Waals surface area contributed by atoms with Gasteiger partial charge in [-0.15, -0.1) is 0 Å². The standard InChI is InChI=1S/C20H24Cl2FNO3/c1-2-26-19-10-14(12-24-8-3-4-9-25)17(22)11-20(19)27-13-15-16(21)6-5-7-18(15)23/h5-7,10-11,24-25H,2-4,8-9,12-13H2,1H3. The molecule has 148 valence electrons. The van der Waals surface area contributed by atoms with Crippen molar-refractivity contribution in [3.63, 3.8) is 0 Å². The number of hydrogen-bond acceptors (Lipinski definition) is 4. The zero-order valence-corrected chi connectivity index (χ0v) is 16.7. The summed E-state index contributed by atoms with van der Waals surface area (Å²) >= 11 is 12.4. The molecule has 0 unspecified atom stereocenters. The third-order valence-corrected chi connectivity index (χ3v) is 4.63. The Morgan fingerprint density at radius 1 is 1.07 bits per heavy atom. The number of benzene rings is 2. The number of aliphatic hydroxyl groups excluding tert-OH is 1. The first-order valence-electron chi connectivity index (χ1n) is 8.89. The van der Waals surface area contributed by atoms with Crippen LogP contribution in [0.25, 0.3) is 0 Å². The number of nitrogens with one attached hydrogen (secondary N) is 1. The molecule has 4 nitrogen and oxygen atoms in total. The summed E-state index contributed by atoms with van der Waals surface area (Å²) in [5.74, 6) is 0.557. The Balaban J connectivity index is 2.10. The van der Waals surface area contributed by atoms with Crippen LogP contribution in [0.4, 0.5) is 4.39 Å². The van der Waals surface area contributed by atoms with Gasteiger partial charge >= 0.3 is 0 Å². The summed E-state index contributed by atoms with van der Waals surface area (Å²) in [6.45, 7) is 3.85. The van der Waals surface area contributed by atoms with Gasteiger partial charge < -0.3 is 19.9 Å². The molecule has 2 rings (SSSR count). The lowest BCUT2D eigenvalue weighted by Crippen LogP contribution is -2.15. The average molecular weight is 416 g/mol. The molecule has 0 aliphatic rings. The van der Waals surface area contributed by atoms with Crippen LogP contribution in [0.1, 0.15) is 30.9 Å². The predicted molar refractivity (Wildman–Crippen MR) is 106 cm³/mol. The van der Waals surface area contributed by atoms with Crippen molar-refractivity contribution in [2.24, 2.45) is 0 Å². The van der Waals surface area contributed by atoms with E-state index in [0.717, 1.165) is 24.9 Å². The van der Waals surface area contributed by atoms with Crippen LogP contribution >= 0.6 is 23.2 Å². The Bertz CT molecular complexity index is 723. The third kappa shape index (κ3) is 6.54. The maximum absolute atomic E-state index is 13.9. The first-order chi connectivity index (χ1) is 13.1. The molecule has 0 spiro atoms. The highest BCUT2D eigenvalue weighted by atomic mass is 35.5. The first kappa shape index (κ1) is 21.8. The Morgan fingerprint density at radius 2 is 1.85 bits per heavy atom. The highest BCUT2D eigenvalue weighted by Crippen LogP contribution is 2.35. The van der Waals surface area contributed by atoms with Crippen molar-refractivity contribution in [1.82, 2.24) is 5.32 Å². The number of ether oxygens (including phenoxy) is 2. The predicted octanol–water partition coefficient (Wildman–Crippen LogP) is 4.97. The van der Waals surface area contributed by atoms with Crippen molar-refractivity contribution < 1.29 is 19.0 Å². The summed E-state index contributed by atoms with van der Waals surface area (Å²) in [7, 11) is 0. The summed E-state index contributed by atoms with van der Waals surface area (Å²) in [5, 5.41) is 12.9. The van der Waals surface area contributed by atoms with E-state index in [1.165, 1.54) is 6.07 Å². The molecule has 0 aliphatic carbocycles. The van der Waals surface area contributed by atoms with Crippen LogP contribution in [-0.2, 0) is 13.2 Å². The van der Waals surface area contributed by atoms with Gasteiger partial charge in [0.25, 0.3) is 0 Å². The van der Waals surface area contributed by atoms with Crippen molar-refractivity contribution in [3.05, 3.63) is 57.3 Å². The minimum Gasteiger partial charge on any atom is -0.490 e. The second-order valence-electron chi connectivity index (χ2n) is 5.92. The van der Waals surface area contributed by atoms with E-state index in [9.17, 15) is 4.39 Å². The van der Waals surface area contributed by atoms with Gasteiger partial charge in [-0.2, -0.15) is 0 Å². The fourth-order valence-corrected chi connectivity index (χ4v) is 2.94. The molecule has 0 bridgehead atoms. The molecular formula is C20H24Cl2FNO3. The van der Waals surface area contributed by atoms with Crippen molar-refractivity contribution in [1.29, 1.82) is 0 Å². The summed E-state index contributed by atoms with van der Waals surface area (Å²) in [4.78, 5) is 0. The lowest BCUT2D eigenvalue weighted by molar-refractivity contribution is 0.265. The summed E-state index contributed by atoms with van der Waals surface area (Å²) < 4.78 is 25.3. The van der Waals surface area contributed by atoms with Crippen LogP contribution in [0.2, 0.25) is 10.0 Å². The normalized spacial score (nSPS) is 10.9. The Labute approximate surface area is 169 Å². The van der Waals surface area contributed by atoms with E-state index in [1.807, 2.05) is 13.0 Å². The minimum atomic E-state index is -0.421. The molecule has 0 aliphatic heterocycles. The first-order valence-corrected chi connectivity index (χ1v) is 9.64. The summed E-state index contributed by atoms with van der Waals surface area (Å²) in [6.07, 6.45) is 1.65. The topological polar surface area (TPSA) is 50.7 Å². The SMILES string of the molecule is CCOc1cc(CNCCCCO)c(Cl)cc1OCc1c(F)cccc1Cl. The molecule has 2 N–H and O–H groups in total. The zero-order chi connectivity index (χ0) is 19.6. The lowest BCUT2D eigenvalue weighted by Gasteiger charge is -2.16. The number of unbranched alkanes of at least 4 members (excludes halogenated alkanes) is 1. The molecule has 0 atom stereocenters. The quantitative estimate of drug-likeness (QED) is 0.508. The number of aliphatic hydroxyl groups is 1. The van der Waals surface area contributed by atoms with Gasteiger partial charge in [0.1, 0.15) is 12.4 Å². The fraction of sp³-hybridized carbons (Fsp3) is 0.400. The lowest BCUT2D eigenvalue weighted by atomic mass is 10.2. The van der Waals surface area contributed by atoms with Gasteiger partial charge in [0.2, 0.25) is 0 Å². The van der Waals surface area contributed by atoms with E-state index in [1.54, 1.807) is 18.2 Å². The van der Waals surface area contributed by atoms with E-state index < -0.39 is 5.82 Å². The van der Waals surface area contributed by atoms with Gasteiger partial charge in [0.05, 0.1) is 11.6 Å². The maximum atomic E-state index is 13.9. The van der Waals surface area contributed by atoms with E-state index in [-0.39, 0.29) is 18.8 Å². The van der Waals surface area contributed by atoms with Gasteiger partial charge in [-0.1, -0.05) is 29.3 Å². The average Bonchev–Trinajstić information content (AvgIpc) is 2.64. The summed E-state index contributed by atoms with van der Waals surface area (Å²) in [5.41, 5.74) is 1.16. The molecular weight excluding hydrogens is 392 g/mol. The Hall–Kier alpha value is -1.53. The van der Waals surface area contributed by atoms with Crippen molar-refractivity contribution in [2.45, 2.75) is 32.9 Å². The molecule has 0 fully saturated rings. The van der Waals surface area contributed by atoms with Crippen LogP contribution < -0.4 is 14.8 Å². The van der Waals surface area contributed by atoms with Crippen molar-refractivity contribution >= 4 is 23.2 Å². The van der Waals surface area contributed by atoms with Gasteiger partial charge in [-0.05, 0) is 50.1 Å². The van der Waals surface area contributed by atoms with Crippen LogP contribution in [-0.4, -0.2) is 24.9 Å². The highest BCUT2D eigenvalue weighted by Gasteiger charge is 2.14. The maximum Gasteiger partial charge on any atom is 0.163 e. The Morgan fingerprint density at radius 3 is 2.56 bits per heavy atom. The molecule has 2 aromatic carbocycles. The third-order valence-electron chi connectivity index (χ3n) is 3.92. The van der Waals surface area contributed by atoms with Gasteiger partial charge in [-0.25, -0.2) is 4.39 Å². The zero-order valence-electron chi connectivity index (χ0n) is 15.2. The molecule has 0 radical (unpaired) electrons. The fourth-order valence-electron chi connectivity index (χ4n) is 2.50. The molecule has 7 heteroatoms. The molecule has 0 amide bonds. The van der Waals surface area contributed by atoms with Crippen LogP contribution in [0, 0.1) is 5.82 Å². The minimum absolute atomic E-state index is 0.0271. The molecule has 0 saturated carbocycles. The van der Waals surface area contributed by atoms with Crippen molar-refractivity contribution in [2.75, 3.05) is 19.8 Å². The van der Waals surface area contributed by atoms with Crippen LogP contribution in [0.3, 0.4) is 0 Å². The number of halogens is 3. The van der Waals surface area contributed by atoms with E-state index >= 15 is 0 Å². The molecule has 2 aromatic rings. The highest BCUT2D eigenvalue weighted by molar-refractivity contribution is 6.31. The van der Waals surface area contributed by atoms with E-state index in [4.69, 9.17) is 37.8 Å². The molecule has 27 heavy (non-hydrogen) atoms. The van der Waals surface area contributed by atoms with Gasteiger partial charge in [0, 0.05) is 29.8 Å². The molecule has 0 aromatic heterocycles. The molecule has 0 heterocycles. The monoisotopic (exact) mass is 415 g/mol.